The first-order chi connectivity index (χ1) is 9.09. The zero-order valence-electron chi connectivity index (χ0n) is 12.2. The van der Waals surface area contributed by atoms with Crippen molar-refractivity contribution in [2.75, 3.05) is 0 Å². The molecule has 1 saturated heterocycles. The summed E-state index contributed by atoms with van der Waals surface area (Å²) in [4.78, 5) is 12.8. The van der Waals surface area contributed by atoms with Crippen LogP contribution < -0.4 is 0 Å². The Balaban J connectivity index is 1.61. The van der Waals surface area contributed by atoms with Crippen molar-refractivity contribution in [2.24, 2.45) is 29.6 Å². The van der Waals surface area contributed by atoms with Crippen LogP contribution in [0.1, 0.15) is 58.8 Å². The Kier molecular flexibility index (Phi) is 2.65. The molecule has 1 aliphatic heterocycles. The van der Waals surface area contributed by atoms with Crippen LogP contribution in [0.3, 0.4) is 0 Å². The van der Waals surface area contributed by atoms with Crippen molar-refractivity contribution >= 4 is 5.78 Å². The van der Waals surface area contributed by atoms with E-state index in [1.807, 2.05) is 0 Å². The molecule has 2 nitrogen and oxygen atoms in total. The van der Waals surface area contributed by atoms with Gasteiger partial charge < -0.3 is 4.74 Å². The molecule has 6 atom stereocenters. The van der Waals surface area contributed by atoms with Crippen molar-refractivity contribution in [3.8, 4) is 0 Å². The number of ketones is 1. The number of Topliss-reactive ketones (excluding diaryl/α,β-unsaturated/α-hetero) is 1. The topological polar surface area (TPSA) is 29.6 Å². The molecule has 4 rings (SSSR count). The van der Waals surface area contributed by atoms with Crippen molar-refractivity contribution in [2.45, 2.75) is 70.5 Å². The summed E-state index contributed by atoms with van der Waals surface area (Å²) in [6.45, 7) is 4.60. The molecule has 0 amide bonds. The molecule has 19 heavy (non-hydrogen) atoms. The Morgan fingerprint density at radius 2 is 2.11 bits per heavy atom. The monoisotopic (exact) mass is 262 g/mol. The quantitative estimate of drug-likeness (QED) is 0.676. The minimum atomic E-state index is 0.232. The second kappa shape index (κ2) is 4.07. The summed E-state index contributed by atoms with van der Waals surface area (Å²) >= 11 is 0. The normalized spacial score (nSPS) is 52.4. The summed E-state index contributed by atoms with van der Waals surface area (Å²) in [7, 11) is 0. The SMILES string of the molecule is CC(C)[C@@H]1CC[C@@H]2C[C@@H]3O[C@@]34CC[C@@H](CC(=O)[C@H]21)C4. The molecule has 3 saturated carbocycles. The van der Waals surface area contributed by atoms with Crippen molar-refractivity contribution in [3.05, 3.63) is 0 Å². The maximum Gasteiger partial charge on any atom is 0.136 e. The average Bonchev–Trinajstić information content (AvgIpc) is 2.74. The Labute approximate surface area is 116 Å². The maximum absolute atomic E-state index is 12.8. The molecular weight excluding hydrogens is 236 g/mol. The Hall–Kier alpha value is -0.370. The predicted octanol–water partition coefficient (Wildman–Crippen LogP) is 3.59. The first-order valence-electron chi connectivity index (χ1n) is 8.29. The third kappa shape index (κ3) is 1.82. The fraction of sp³-hybridized carbons (Fsp3) is 0.941. The number of carbonyl (C=O) groups excluding carboxylic acids is 1. The Bertz CT molecular complexity index is 402. The van der Waals surface area contributed by atoms with Crippen LogP contribution in [0.15, 0.2) is 0 Å². The van der Waals surface area contributed by atoms with E-state index in [1.54, 1.807) is 0 Å². The van der Waals surface area contributed by atoms with E-state index in [0.717, 1.165) is 6.42 Å². The molecule has 4 fully saturated rings. The van der Waals surface area contributed by atoms with Crippen LogP contribution in [0, 0.1) is 29.6 Å². The summed E-state index contributed by atoms with van der Waals surface area (Å²) in [6.07, 6.45) is 8.68. The average molecular weight is 262 g/mol. The molecule has 106 valence electrons. The largest absolute Gasteiger partial charge is 0.366 e. The number of epoxide rings is 1. The molecule has 1 spiro atoms. The highest BCUT2D eigenvalue weighted by atomic mass is 16.6. The Morgan fingerprint density at radius 1 is 1.26 bits per heavy atom. The van der Waals surface area contributed by atoms with Crippen molar-refractivity contribution in [1.29, 1.82) is 0 Å². The Morgan fingerprint density at radius 3 is 2.89 bits per heavy atom. The molecular formula is C17H26O2. The molecule has 0 aromatic rings. The standard InChI is InChI=1S/C17H26O2/c1-10(2)13-4-3-12-8-15-17(19-15)6-5-11(9-17)7-14(18)16(12)13/h10-13,15-16H,3-9H2,1-2H3/t11-,12+,13-,15-,16+,17+/m0/s1. The zero-order valence-corrected chi connectivity index (χ0v) is 12.2. The molecule has 1 heterocycles. The van der Waals surface area contributed by atoms with E-state index < -0.39 is 0 Å². The molecule has 2 bridgehead atoms. The second-order valence-corrected chi connectivity index (χ2v) is 7.96. The number of hydrogen-bond donors (Lipinski definition) is 0. The van der Waals surface area contributed by atoms with Crippen molar-refractivity contribution in [3.63, 3.8) is 0 Å². The fourth-order valence-corrected chi connectivity index (χ4v) is 5.55. The molecule has 0 aromatic carbocycles. The van der Waals surface area contributed by atoms with Gasteiger partial charge in [0, 0.05) is 12.3 Å². The van der Waals surface area contributed by atoms with Crippen LogP contribution in [-0.4, -0.2) is 17.5 Å². The van der Waals surface area contributed by atoms with Gasteiger partial charge in [-0.05, 0) is 62.2 Å². The van der Waals surface area contributed by atoms with Crippen LogP contribution in [0.4, 0.5) is 0 Å². The van der Waals surface area contributed by atoms with Crippen LogP contribution in [-0.2, 0) is 9.53 Å². The van der Waals surface area contributed by atoms with Crippen LogP contribution in [0.25, 0.3) is 0 Å². The van der Waals surface area contributed by atoms with E-state index in [9.17, 15) is 4.79 Å². The summed E-state index contributed by atoms with van der Waals surface area (Å²) in [5.41, 5.74) is 0.232. The summed E-state index contributed by atoms with van der Waals surface area (Å²) in [5.74, 6) is 3.52. The van der Waals surface area contributed by atoms with Gasteiger partial charge in [-0.2, -0.15) is 0 Å². The predicted molar refractivity (Wildman–Crippen MR) is 73.7 cm³/mol. The van der Waals surface area contributed by atoms with E-state index in [0.29, 0.717) is 41.5 Å². The van der Waals surface area contributed by atoms with Gasteiger partial charge in [-0.25, -0.2) is 0 Å². The molecule has 4 aliphatic rings. The number of hydrogen-bond acceptors (Lipinski definition) is 2. The van der Waals surface area contributed by atoms with Gasteiger partial charge in [0.2, 0.25) is 0 Å². The van der Waals surface area contributed by atoms with Gasteiger partial charge in [-0.15, -0.1) is 0 Å². The number of rotatable bonds is 1. The van der Waals surface area contributed by atoms with E-state index >= 15 is 0 Å². The van der Waals surface area contributed by atoms with E-state index in [-0.39, 0.29) is 5.60 Å². The van der Waals surface area contributed by atoms with Gasteiger partial charge in [-0.1, -0.05) is 13.8 Å². The molecule has 3 aliphatic carbocycles. The fourth-order valence-electron chi connectivity index (χ4n) is 5.55. The van der Waals surface area contributed by atoms with Gasteiger partial charge in [0.1, 0.15) is 5.78 Å². The molecule has 0 radical (unpaired) electrons. The van der Waals surface area contributed by atoms with Crippen LogP contribution in [0.2, 0.25) is 0 Å². The third-order valence-corrected chi connectivity index (χ3v) is 6.59. The van der Waals surface area contributed by atoms with Crippen molar-refractivity contribution in [1.82, 2.24) is 0 Å². The van der Waals surface area contributed by atoms with Gasteiger partial charge in [0.05, 0.1) is 11.7 Å². The first-order valence-corrected chi connectivity index (χ1v) is 8.29. The molecule has 0 N–H and O–H groups in total. The van der Waals surface area contributed by atoms with E-state index in [2.05, 4.69) is 13.8 Å². The summed E-state index contributed by atoms with van der Waals surface area (Å²) in [5, 5.41) is 0. The summed E-state index contributed by atoms with van der Waals surface area (Å²) in [6, 6.07) is 0. The third-order valence-electron chi connectivity index (χ3n) is 6.59. The van der Waals surface area contributed by atoms with Crippen molar-refractivity contribution < 1.29 is 9.53 Å². The van der Waals surface area contributed by atoms with Gasteiger partial charge >= 0.3 is 0 Å². The summed E-state index contributed by atoms with van der Waals surface area (Å²) < 4.78 is 6.10. The van der Waals surface area contributed by atoms with Crippen LogP contribution >= 0.6 is 0 Å². The lowest BCUT2D eigenvalue weighted by atomic mass is 9.76. The van der Waals surface area contributed by atoms with Gasteiger partial charge in [0.15, 0.2) is 0 Å². The maximum atomic E-state index is 12.8. The van der Waals surface area contributed by atoms with E-state index in [4.69, 9.17) is 4.74 Å². The highest BCUT2D eigenvalue weighted by molar-refractivity contribution is 5.82. The minimum Gasteiger partial charge on any atom is -0.366 e. The lowest BCUT2D eigenvalue weighted by Gasteiger charge is -2.27. The molecule has 2 heteroatoms. The lowest BCUT2D eigenvalue weighted by Crippen LogP contribution is -2.29. The molecule has 0 aromatic heterocycles. The first kappa shape index (κ1) is 12.4. The zero-order chi connectivity index (χ0) is 13.2. The number of carbonyl (C=O) groups is 1. The smallest absolute Gasteiger partial charge is 0.136 e. The highest BCUT2D eigenvalue weighted by Gasteiger charge is 2.62. The van der Waals surface area contributed by atoms with Gasteiger partial charge in [0.25, 0.3) is 0 Å². The van der Waals surface area contributed by atoms with E-state index in [1.165, 1.54) is 38.5 Å². The second-order valence-electron chi connectivity index (χ2n) is 7.96. The van der Waals surface area contributed by atoms with Gasteiger partial charge in [-0.3, -0.25) is 4.79 Å². The minimum absolute atomic E-state index is 0.232. The highest BCUT2D eigenvalue weighted by Crippen LogP contribution is 2.58. The van der Waals surface area contributed by atoms with Crippen LogP contribution in [0.5, 0.6) is 0 Å². The molecule has 0 unspecified atom stereocenters. The number of fused-ring (bicyclic) bond motifs is 2. The number of ether oxygens (including phenoxy) is 1. The lowest BCUT2D eigenvalue weighted by molar-refractivity contribution is -0.126.